The van der Waals surface area contributed by atoms with Crippen molar-refractivity contribution < 1.29 is 4.42 Å². The summed E-state index contributed by atoms with van der Waals surface area (Å²) in [6.07, 6.45) is 0. The van der Waals surface area contributed by atoms with E-state index in [2.05, 4.69) is 32.2 Å². The molecule has 1 heterocycles. The molecule has 1 N–H and O–H groups in total. The average molecular weight is 195 g/mol. The van der Waals surface area contributed by atoms with Gasteiger partial charge in [-0.2, -0.15) is 0 Å². The Balaban J connectivity index is 2.81. The standard InChI is InChI=1S/C12H21NO/c1-8(2)10(4)12(13-5)11-7-6-9(3)14-11/h6-8,10,12-13H,1-5H3. The summed E-state index contributed by atoms with van der Waals surface area (Å²) in [5.41, 5.74) is 0. The monoisotopic (exact) mass is 195 g/mol. The third-order valence-electron chi connectivity index (χ3n) is 2.96. The quantitative estimate of drug-likeness (QED) is 0.798. The molecule has 0 aliphatic rings. The Morgan fingerprint density at radius 2 is 1.86 bits per heavy atom. The lowest BCUT2D eigenvalue weighted by Gasteiger charge is -2.24. The minimum Gasteiger partial charge on any atom is -0.465 e. The Kier molecular flexibility index (Phi) is 3.76. The van der Waals surface area contributed by atoms with Crippen LogP contribution in [0, 0.1) is 18.8 Å². The van der Waals surface area contributed by atoms with E-state index in [0.717, 1.165) is 11.5 Å². The van der Waals surface area contributed by atoms with Crippen LogP contribution >= 0.6 is 0 Å². The Bertz CT molecular complexity index is 278. The number of hydrogen-bond acceptors (Lipinski definition) is 2. The zero-order valence-electron chi connectivity index (χ0n) is 9.79. The summed E-state index contributed by atoms with van der Waals surface area (Å²) in [5, 5.41) is 3.32. The Hall–Kier alpha value is -0.760. The lowest BCUT2D eigenvalue weighted by Crippen LogP contribution is -2.26. The van der Waals surface area contributed by atoms with Crippen molar-refractivity contribution in [2.24, 2.45) is 11.8 Å². The predicted octanol–water partition coefficient (Wildman–Crippen LogP) is 3.14. The molecule has 2 atom stereocenters. The summed E-state index contributed by atoms with van der Waals surface area (Å²) in [6.45, 7) is 8.72. The normalized spacial score (nSPS) is 15.9. The Labute approximate surface area is 86.7 Å². The fraction of sp³-hybridized carbons (Fsp3) is 0.667. The third kappa shape index (κ3) is 2.38. The fourth-order valence-electron chi connectivity index (χ4n) is 1.67. The number of nitrogens with one attached hydrogen (secondary N) is 1. The van der Waals surface area contributed by atoms with Gasteiger partial charge in [-0.25, -0.2) is 0 Å². The second-order valence-electron chi connectivity index (χ2n) is 4.32. The molecule has 2 heteroatoms. The van der Waals surface area contributed by atoms with Crippen LogP contribution in [0.5, 0.6) is 0 Å². The van der Waals surface area contributed by atoms with Gasteiger partial charge in [-0.1, -0.05) is 20.8 Å². The molecule has 1 aromatic heterocycles. The van der Waals surface area contributed by atoms with Gasteiger partial charge in [-0.15, -0.1) is 0 Å². The van der Waals surface area contributed by atoms with Crippen LogP contribution in [0.15, 0.2) is 16.5 Å². The van der Waals surface area contributed by atoms with Crippen molar-refractivity contribution in [1.82, 2.24) is 5.32 Å². The van der Waals surface area contributed by atoms with Gasteiger partial charge < -0.3 is 9.73 Å². The number of furan rings is 1. The van der Waals surface area contributed by atoms with Crippen molar-refractivity contribution >= 4 is 0 Å². The maximum Gasteiger partial charge on any atom is 0.121 e. The van der Waals surface area contributed by atoms with E-state index in [1.165, 1.54) is 0 Å². The highest BCUT2D eigenvalue weighted by Crippen LogP contribution is 2.28. The molecule has 0 bridgehead atoms. The molecule has 0 spiro atoms. The first kappa shape index (κ1) is 11.3. The van der Waals surface area contributed by atoms with Crippen LogP contribution < -0.4 is 5.32 Å². The molecule has 0 radical (unpaired) electrons. The van der Waals surface area contributed by atoms with Crippen molar-refractivity contribution in [3.8, 4) is 0 Å². The van der Waals surface area contributed by atoms with Crippen molar-refractivity contribution in [1.29, 1.82) is 0 Å². The molecule has 0 aliphatic carbocycles. The first-order valence-corrected chi connectivity index (χ1v) is 5.29. The third-order valence-corrected chi connectivity index (χ3v) is 2.96. The minimum absolute atomic E-state index is 0.323. The molecule has 0 aliphatic heterocycles. The van der Waals surface area contributed by atoms with Crippen LogP contribution in [-0.4, -0.2) is 7.05 Å². The molecule has 0 amide bonds. The van der Waals surface area contributed by atoms with Gasteiger partial charge >= 0.3 is 0 Å². The Morgan fingerprint density at radius 1 is 1.21 bits per heavy atom. The maximum atomic E-state index is 5.65. The van der Waals surface area contributed by atoms with Gasteiger partial charge in [0.2, 0.25) is 0 Å². The summed E-state index contributed by atoms with van der Waals surface area (Å²) in [5.74, 6) is 3.26. The Morgan fingerprint density at radius 3 is 2.21 bits per heavy atom. The number of rotatable bonds is 4. The lowest BCUT2D eigenvalue weighted by molar-refractivity contribution is 0.276. The molecule has 0 fully saturated rings. The second kappa shape index (κ2) is 4.65. The molecular weight excluding hydrogens is 174 g/mol. The highest BCUT2D eigenvalue weighted by molar-refractivity contribution is 5.10. The minimum atomic E-state index is 0.323. The summed E-state index contributed by atoms with van der Waals surface area (Å²) in [4.78, 5) is 0. The highest BCUT2D eigenvalue weighted by atomic mass is 16.3. The molecule has 1 aromatic rings. The van der Waals surface area contributed by atoms with Gasteiger partial charge in [0.15, 0.2) is 0 Å². The first-order valence-electron chi connectivity index (χ1n) is 5.29. The van der Waals surface area contributed by atoms with Crippen LogP contribution in [0.25, 0.3) is 0 Å². The van der Waals surface area contributed by atoms with Crippen LogP contribution in [0.1, 0.15) is 38.3 Å². The molecule has 1 rings (SSSR count). The largest absolute Gasteiger partial charge is 0.465 e. The topological polar surface area (TPSA) is 25.2 Å². The SMILES string of the molecule is CNC(c1ccc(C)o1)C(C)C(C)C. The average Bonchev–Trinajstić information content (AvgIpc) is 2.53. The van der Waals surface area contributed by atoms with E-state index in [1.54, 1.807) is 0 Å². The van der Waals surface area contributed by atoms with E-state index in [-0.39, 0.29) is 0 Å². The van der Waals surface area contributed by atoms with E-state index >= 15 is 0 Å². The van der Waals surface area contributed by atoms with E-state index < -0.39 is 0 Å². The maximum absolute atomic E-state index is 5.65. The van der Waals surface area contributed by atoms with Gasteiger partial charge in [0, 0.05) is 0 Å². The first-order chi connectivity index (χ1) is 6.56. The summed E-state index contributed by atoms with van der Waals surface area (Å²) in [7, 11) is 1.99. The fourth-order valence-corrected chi connectivity index (χ4v) is 1.67. The van der Waals surface area contributed by atoms with E-state index in [0.29, 0.717) is 17.9 Å². The summed E-state index contributed by atoms with van der Waals surface area (Å²) >= 11 is 0. The van der Waals surface area contributed by atoms with Crippen LogP contribution in [-0.2, 0) is 0 Å². The van der Waals surface area contributed by atoms with Crippen molar-refractivity contribution in [3.63, 3.8) is 0 Å². The van der Waals surface area contributed by atoms with Gasteiger partial charge in [-0.3, -0.25) is 0 Å². The van der Waals surface area contributed by atoms with Crippen LogP contribution in [0.4, 0.5) is 0 Å². The molecule has 14 heavy (non-hydrogen) atoms. The van der Waals surface area contributed by atoms with Gasteiger partial charge in [-0.05, 0) is 37.9 Å². The molecule has 0 saturated carbocycles. The van der Waals surface area contributed by atoms with Gasteiger partial charge in [0.05, 0.1) is 6.04 Å². The van der Waals surface area contributed by atoms with Gasteiger partial charge in [0.25, 0.3) is 0 Å². The van der Waals surface area contributed by atoms with E-state index in [9.17, 15) is 0 Å². The molecule has 0 aromatic carbocycles. The second-order valence-corrected chi connectivity index (χ2v) is 4.32. The lowest BCUT2D eigenvalue weighted by atomic mass is 9.89. The van der Waals surface area contributed by atoms with E-state index in [1.807, 2.05) is 20.0 Å². The molecule has 2 unspecified atom stereocenters. The van der Waals surface area contributed by atoms with Crippen molar-refractivity contribution in [2.45, 2.75) is 33.7 Å². The zero-order valence-corrected chi connectivity index (χ0v) is 9.79. The van der Waals surface area contributed by atoms with E-state index in [4.69, 9.17) is 4.42 Å². The smallest absolute Gasteiger partial charge is 0.121 e. The molecular formula is C12H21NO. The van der Waals surface area contributed by atoms with Crippen molar-refractivity contribution in [3.05, 3.63) is 23.7 Å². The summed E-state index contributed by atoms with van der Waals surface area (Å²) in [6, 6.07) is 4.41. The molecule has 0 saturated heterocycles. The zero-order chi connectivity index (χ0) is 10.7. The van der Waals surface area contributed by atoms with Crippen LogP contribution in [0.2, 0.25) is 0 Å². The van der Waals surface area contributed by atoms with Gasteiger partial charge in [0.1, 0.15) is 11.5 Å². The van der Waals surface area contributed by atoms with Crippen LogP contribution in [0.3, 0.4) is 0 Å². The predicted molar refractivity (Wildman–Crippen MR) is 59.2 cm³/mol. The highest BCUT2D eigenvalue weighted by Gasteiger charge is 2.22. The number of aryl methyl sites for hydroxylation is 1. The van der Waals surface area contributed by atoms with Crippen molar-refractivity contribution in [2.75, 3.05) is 7.05 Å². The number of hydrogen-bond donors (Lipinski definition) is 1. The molecule has 80 valence electrons. The summed E-state index contributed by atoms with van der Waals surface area (Å²) < 4.78 is 5.65. The molecule has 2 nitrogen and oxygen atoms in total.